The Bertz CT molecular complexity index is 319. The second kappa shape index (κ2) is 4.51. The standard InChI is InChI=1S/C10H13ClN2S/c11-9-4-13-2-1-7(9)3-8-5-14-6-10(8)12/h1-2,4,8,10H,3,5-6,12H2. The summed E-state index contributed by atoms with van der Waals surface area (Å²) in [7, 11) is 0. The molecule has 2 heterocycles. The van der Waals surface area contributed by atoms with Crippen molar-refractivity contribution in [3.63, 3.8) is 0 Å². The molecule has 2 unspecified atom stereocenters. The first-order valence-corrected chi connectivity index (χ1v) is 6.22. The van der Waals surface area contributed by atoms with E-state index >= 15 is 0 Å². The van der Waals surface area contributed by atoms with Gasteiger partial charge in [-0.25, -0.2) is 0 Å². The molecule has 0 aliphatic carbocycles. The minimum Gasteiger partial charge on any atom is -0.327 e. The number of pyridine rings is 1. The van der Waals surface area contributed by atoms with E-state index in [0.29, 0.717) is 12.0 Å². The van der Waals surface area contributed by atoms with Gasteiger partial charge in [0.15, 0.2) is 0 Å². The lowest BCUT2D eigenvalue weighted by molar-refractivity contribution is 0.515. The second-order valence-corrected chi connectivity index (χ2v) is 5.11. The molecule has 1 aliphatic heterocycles. The van der Waals surface area contributed by atoms with Crippen molar-refractivity contribution in [1.82, 2.24) is 4.98 Å². The minimum atomic E-state index is 0.323. The molecule has 0 amide bonds. The molecule has 1 saturated heterocycles. The van der Waals surface area contributed by atoms with Gasteiger partial charge in [0.25, 0.3) is 0 Å². The zero-order chi connectivity index (χ0) is 9.97. The summed E-state index contributed by atoms with van der Waals surface area (Å²) in [6.07, 6.45) is 4.47. The van der Waals surface area contributed by atoms with Crippen LogP contribution in [0, 0.1) is 5.92 Å². The van der Waals surface area contributed by atoms with Crippen LogP contribution in [0.1, 0.15) is 5.56 Å². The lowest BCUT2D eigenvalue weighted by atomic mass is 9.96. The molecule has 0 aromatic carbocycles. The zero-order valence-electron chi connectivity index (χ0n) is 7.82. The van der Waals surface area contributed by atoms with Gasteiger partial charge in [0.2, 0.25) is 0 Å². The maximum atomic E-state index is 6.04. The van der Waals surface area contributed by atoms with Gasteiger partial charge in [0.05, 0.1) is 5.02 Å². The highest BCUT2D eigenvalue weighted by Crippen LogP contribution is 2.27. The van der Waals surface area contributed by atoms with E-state index in [9.17, 15) is 0 Å². The van der Waals surface area contributed by atoms with Gasteiger partial charge in [-0.15, -0.1) is 0 Å². The van der Waals surface area contributed by atoms with Crippen LogP contribution in [0.4, 0.5) is 0 Å². The van der Waals surface area contributed by atoms with Gasteiger partial charge in [-0.05, 0) is 29.7 Å². The summed E-state index contributed by atoms with van der Waals surface area (Å²) in [6, 6.07) is 2.31. The monoisotopic (exact) mass is 228 g/mol. The van der Waals surface area contributed by atoms with Crippen molar-refractivity contribution in [1.29, 1.82) is 0 Å². The van der Waals surface area contributed by atoms with E-state index in [4.69, 9.17) is 17.3 Å². The van der Waals surface area contributed by atoms with Gasteiger partial charge in [0.1, 0.15) is 0 Å². The van der Waals surface area contributed by atoms with Crippen LogP contribution in [0.15, 0.2) is 18.5 Å². The average Bonchev–Trinajstić information content (AvgIpc) is 2.56. The minimum absolute atomic E-state index is 0.323. The van der Waals surface area contributed by atoms with E-state index in [2.05, 4.69) is 4.98 Å². The predicted octanol–water partition coefficient (Wildman–Crippen LogP) is 1.97. The molecule has 1 aliphatic rings. The fourth-order valence-corrected chi connectivity index (χ4v) is 3.22. The Balaban J connectivity index is 2.07. The fourth-order valence-electron chi connectivity index (χ4n) is 1.68. The Labute approximate surface area is 93.2 Å². The van der Waals surface area contributed by atoms with Gasteiger partial charge in [-0.2, -0.15) is 11.8 Å². The van der Waals surface area contributed by atoms with Crippen molar-refractivity contribution < 1.29 is 0 Å². The summed E-state index contributed by atoms with van der Waals surface area (Å²) in [5.41, 5.74) is 7.17. The van der Waals surface area contributed by atoms with Crippen LogP contribution in [-0.2, 0) is 6.42 Å². The normalized spacial score (nSPS) is 26.7. The predicted molar refractivity (Wildman–Crippen MR) is 61.7 cm³/mol. The largest absolute Gasteiger partial charge is 0.327 e. The quantitative estimate of drug-likeness (QED) is 0.841. The van der Waals surface area contributed by atoms with Crippen LogP contribution in [0.2, 0.25) is 5.02 Å². The van der Waals surface area contributed by atoms with Gasteiger partial charge in [-0.3, -0.25) is 4.98 Å². The molecule has 4 heteroatoms. The maximum Gasteiger partial charge on any atom is 0.0621 e. The van der Waals surface area contributed by atoms with E-state index in [1.807, 2.05) is 17.8 Å². The van der Waals surface area contributed by atoms with Crippen molar-refractivity contribution in [3.8, 4) is 0 Å². The molecule has 2 rings (SSSR count). The molecule has 76 valence electrons. The fraction of sp³-hybridized carbons (Fsp3) is 0.500. The van der Waals surface area contributed by atoms with E-state index in [-0.39, 0.29) is 0 Å². The highest BCUT2D eigenvalue weighted by atomic mass is 35.5. The number of nitrogens with two attached hydrogens (primary N) is 1. The van der Waals surface area contributed by atoms with Crippen LogP contribution in [0.3, 0.4) is 0 Å². The lowest BCUT2D eigenvalue weighted by Gasteiger charge is -2.14. The van der Waals surface area contributed by atoms with Crippen LogP contribution in [-0.4, -0.2) is 22.5 Å². The van der Waals surface area contributed by atoms with E-state index < -0.39 is 0 Å². The number of hydrogen-bond acceptors (Lipinski definition) is 3. The van der Waals surface area contributed by atoms with Crippen molar-refractivity contribution in [2.45, 2.75) is 12.5 Å². The van der Waals surface area contributed by atoms with Crippen LogP contribution in [0.25, 0.3) is 0 Å². The average molecular weight is 229 g/mol. The zero-order valence-corrected chi connectivity index (χ0v) is 9.39. The third kappa shape index (κ3) is 2.22. The Hall–Kier alpha value is -0.250. The summed E-state index contributed by atoms with van der Waals surface area (Å²) < 4.78 is 0. The summed E-state index contributed by atoms with van der Waals surface area (Å²) in [4.78, 5) is 3.97. The van der Waals surface area contributed by atoms with Crippen LogP contribution < -0.4 is 5.73 Å². The van der Waals surface area contributed by atoms with E-state index in [1.165, 1.54) is 5.56 Å². The Morgan fingerprint density at radius 1 is 1.57 bits per heavy atom. The molecule has 0 spiro atoms. The van der Waals surface area contributed by atoms with Crippen molar-refractivity contribution >= 4 is 23.4 Å². The maximum absolute atomic E-state index is 6.04. The highest BCUT2D eigenvalue weighted by molar-refractivity contribution is 7.99. The Morgan fingerprint density at radius 2 is 2.43 bits per heavy atom. The molecular weight excluding hydrogens is 216 g/mol. The molecule has 1 aromatic rings. The molecule has 1 aromatic heterocycles. The molecule has 0 bridgehead atoms. The number of rotatable bonds is 2. The molecule has 0 saturated carbocycles. The molecule has 1 fully saturated rings. The second-order valence-electron chi connectivity index (χ2n) is 3.63. The van der Waals surface area contributed by atoms with Crippen LogP contribution >= 0.6 is 23.4 Å². The first-order chi connectivity index (χ1) is 6.77. The molecule has 2 atom stereocenters. The lowest BCUT2D eigenvalue weighted by Crippen LogP contribution is -2.29. The summed E-state index contributed by atoms with van der Waals surface area (Å²) in [6.45, 7) is 0. The number of thioether (sulfide) groups is 1. The smallest absolute Gasteiger partial charge is 0.0621 e. The molecule has 14 heavy (non-hydrogen) atoms. The van der Waals surface area contributed by atoms with Crippen molar-refractivity contribution in [3.05, 3.63) is 29.0 Å². The van der Waals surface area contributed by atoms with Crippen molar-refractivity contribution in [2.24, 2.45) is 11.7 Å². The third-order valence-electron chi connectivity index (χ3n) is 2.59. The van der Waals surface area contributed by atoms with Gasteiger partial charge in [-0.1, -0.05) is 11.6 Å². The molecule has 0 radical (unpaired) electrons. The van der Waals surface area contributed by atoms with Crippen LogP contribution in [0.5, 0.6) is 0 Å². The van der Waals surface area contributed by atoms with E-state index in [1.54, 1.807) is 12.4 Å². The van der Waals surface area contributed by atoms with Crippen molar-refractivity contribution in [2.75, 3.05) is 11.5 Å². The third-order valence-corrected chi connectivity index (χ3v) is 4.21. The molecular formula is C10H13ClN2S. The molecule has 2 N–H and O–H groups in total. The van der Waals surface area contributed by atoms with Gasteiger partial charge < -0.3 is 5.73 Å². The summed E-state index contributed by atoms with van der Waals surface area (Å²) in [5.74, 6) is 2.80. The summed E-state index contributed by atoms with van der Waals surface area (Å²) in [5, 5.41) is 0.761. The molecule has 2 nitrogen and oxygen atoms in total. The Kier molecular flexibility index (Phi) is 3.31. The van der Waals surface area contributed by atoms with Gasteiger partial charge >= 0.3 is 0 Å². The summed E-state index contributed by atoms with van der Waals surface area (Å²) >= 11 is 7.97. The number of nitrogens with zero attached hydrogens (tertiary/aromatic N) is 1. The van der Waals surface area contributed by atoms with Gasteiger partial charge in [0, 0.05) is 24.2 Å². The first-order valence-electron chi connectivity index (χ1n) is 4.69. The number of halogens is 1. The SMILES string of the molecule is NC1CSCC1Cc1ccncc1Cl. The first kappa shape index (κ1) is 10.3. The highest BCUT2D eigenvalue weighted by Gasteiger charge is 2.24. The Morgan fingerprint density at radius 3 is 3.07 bits per heavy atom. The number of hydrogen-bond donors (Lipinski definition) is 1. The van der Waals surface area contributed by atoms with E-state index in [0.717, 1.165) is 22.9 Å². The number of aromatic nitrogens is 1. The topological polar surface area (TPSA) is 38.9 Å².